The molecule has 0 saturated carbocycles. The zero-order valence-corrected chi connectivity index (χ0v) is 19.8. The van der Waals surface area contributed by atoms with Gasteiger partial charge in [0.25, 0.3) is 5.91 Å². The Balaban J connectivity index is 1.69. The van der Waals surface area contributed by atoms with Gasteiger partial charge in [0.1, 0.15) is 12.6 Å². The molecule has 0 radical (unpaired) electrons. The van der Waals surface area contributed by atoms with Crippen LogP contribution in [-0.2, 0) is 16.1 Å². The summed E-state index contributed by atoms with van der Waals surface area (Å²) in [4.78, 5) is 42.3. The number of hydrogen-bond acceptors (Lipinski definition) is 3. The number of carbonyl (C=O) groups excluding carboxylic acids is 3. The van der Waals surface area contributed by atoms with E-state index in [1.54, 1.807) is 24.3 Å². The van der Waals surface area contributed by atoms with Gasteiger partial charge in [-0.15, -0.1) is 0 Å². The molecule has 4 rings (SSSR count). The van der Waals surface area contributed by atoms with Crippen LogP contribution in [0.3, 0.4) is 0 Å². The number of halogens is 2. The van der Waals surface area contributed by atoms with Crippen LogP contribution in [0.1, 0.15) is 29.3 Å². The summed E-state index contributed by atoms with van der Waals surface area (Å²) in [6.45, 7) is 1.66. The van der Waals surface area contributed by atoms with Crippen LogP contribution in [0, 0.1) is 0 Å². The van der Waals surface area contributed by atoms with Crippen molar-refractivity contribution in [1.82, 2.24) is 10.2 Å². The van der Waals surface area contributed by atoms with Crippen molar-refractivity contribution in [3.05, 3.63) is 75.8 Å². The lowest BCUT2D eigenvalue weighted by Gasteiger charge is -2.32. The molecule has 0 aromatic heterocycles. The molecule has 0 aliphatic carbocycles. The predicted octanol–water partition coefficient (Wildman–Crippen LogP) is 4.66. The van der Waals surface area contributed by atoms with Crippen LogP contribution in [0.4, 0.5) is 5.69 Å². The fourth-order valence-electron chi connectivity index (χ4n) is 4.30. The highest BCUT2D eigenvalue weighted by molar-refractivity contribution is 6.36. The Morgan fingerprint density at radius 1 is 1.03 bits per heavy atom. The maximum Gasteiger partial charge on any atom is 0.259 e. The van der Waals surface area contributed by atoms with Gasteiger partial charge in [-0.25, -0.2) is 0 Å². The lowest BCUT2D eigenvalue weighted by atomic mass is 10.1. The fraction of sp³-hybridized carbons (Fsp3) is 0.240. The molecule has 0 unspecified atom stereocenters. The number of amides is 3. The number of likely N-dealkylation sites (N-methyl/N-ethyl adjacent to an activating group) is 1. The first-order chi connectivity index (χ1) is 15.9. The summed E-state index contributed by atoms with van der Waals surface area (Å²) in [5.74, 6) is -0.911. The normalized spacial score (nSPS) is 13.3. The van der Waals surface area contributed by atoms with Crippen LogP contribution in [0.2, 0.25) is 10.0 Å². The van der Waals surface area contributed by atoms with E-state index in [1.807, 2.05) is 37.3 Å². The number of nitrogens with zero attached hydrogens (tertiary/aromatic N) is 2. The molecule has 33 heavy (non-hydrogen) atoms. The molecule has 0 fully saturated rings. The summed E-state index contributed by atoms with van der Waals surface area (Å²) < 4.78 is 0. The topological polar surface area (TPSA) is 69.7 Å². The molecule has 6 nitrogen and oxygen atoms in total. The van der Waals surface area contributed by atoms with Crippen LogP contribution in [0.15, 0.2) is 54.6 Å². The van der Waals surface area contributed by atoms with E-state index in [1.165, 1.54) is 16.8 Å². The Bertz CT molecular complexity index is 1240. The van der Waals surface area contributed by atoms with Gasteiger partial charge in [0.05, 0.1) is 5.69 Å². The van der Waals surface area contributed by atoms with Crippen molar-refractivity contribution in [2.24, 2.45) is 0 Å². The Hall–Kier alpha value is -3.09. The van der Waals surface area contributed by atoms with Crippen molar-refractivity contribution in [2.75, 3.05) is 18.5 Å². The van der Waals surface area contributed by atoms with E-state index in [0.29, 0.717) is 33.3 Å². The largest absolute Gasteiger partial charge is 0.357 e. The van der Waals surface area contributed by atoms with E-state index >= 15 is 0 Å². The second-order valence-corrected chi connectivity index (χ2v) is 8.65. The van der Waals surface area contributed by atoms with E-state index in [2.05, 4.69) is 5.32 Å². The molecule has 3 aromatic rings. The molecule has 1 atom stereocenters. The molecular formula is C25H23Cl2N3O3. The van der Waals surface area contributed by atoms with Crippen molar-refractivity contribution < 1.29 is 14.4 Å². The Morgan fingerprint density at radius 2 is 1.67 bits per heavy atom. The molecule has 1 N–H and O–H groups in total. The minimum atomic E-state index is -0.745. The monoisotopic (exact) mass is 483 g/mol. The molecule has 0 bridgehead atoms. The molecule has 3 amide bonds. The Morgan fingerprint density at radius 3 is 2.30 bits per heavy atom. The number of carbonyl (C=O) groups is 3. The maximum atomic E-state index is 13.6. The highest BCUT2D eigenvalue weighted by atomic mass is 35.5. The maximum absolute atomic E-state index is 13.6. The van der Waals surface area contributed by atoms with Gasteiger partial charge in [-0.2, -0.15) is 0 Å². The van der Waals surface area contributed by atoms with Crippen LogP contribution >= 0.6 is 23.2 Å². The van der Waals surface area contributed by atoms with Gasteiger partial charge < -0.3 is 10.2 Å². The van der Waals surface area contributed by atoms with Gasteiger partial charge in [-0.05, 0) is 36.1 Å². The summed E-state index contributed by atoms with van der Waals surface area (Å²) in [6.07, 6.45) is 0.386. The second-order valence-electron chi connectivity index (χ2n) is 7.83. The minimum absolute atomic E-state index is 0.0441. The van der Waals surface area contributed by atoms with Crippen LogP contribution < -0.4 is 10.2 Å². The highest BCUT2D eigenvalue weighted by Gasteiger charge is 2.35. The van der Waals surface area contributed by atoms with Crippen molar-refractivity contribution >= 4 is 57.4 Å². The lowest BCUT2D eigenvalue weighted by molar-refractivity contribution is -0.140. The predicted molar refractivity (Wildman–Crippen MR) is 131 cm³/mol. The first kappa shape index (κ1) is 23.1. The molecule has 3 aromatic carbocycles. The smallest absolute Gasteiger partial charge is 0.259 e. The third kappa shape index (κ3) is 4.16. The van der Waals surface area contributed by atoms with Crippen molar-refractivity contribution in [3.63, 3.8) is 0 Å². The molecule has 1 aliphatic rings. The average Bonchev–Trinajstić information content (AvgIpc) is 3.08. The van der Waals surface area contributed by atoms with Crippen molar-refractivity contribution in [3.8, 4) is 0 Å². The van der Waals surface area contributed by atoms with E-state index in [-0.39, 0.29) is 30.8 Å². The molecule has 1 heterocycles. The summed E-state index contributed by atoms with van der Waals surface area (Å²) in [6, 6.07) is 15.5. The average molecular weight is 484 g/mol. The van der Waals surface area contributed by atoms with E-state index < -0.39 is 6.04 Å². The quantitative estimate of drug-likeness (QED) is 0.531. The van der Waals surface area contributed by atoms with Crippen LogP contribution in [0.5, 0.6) is 0 Å². The summed E-state index contributed by atoms with van der Waals surface area (Å²) in [5, 5.41) is 5.19. The number of hydrogen-bond donors (Lipinski definition) is 1. The first-order valence-corrected chi connectivity index (χ1v) is 11.4. The number of rotatable bonds is 7. The van der Waals surface area contributed by atoms with E-state index in [0.717, 1.165) is 10.8 Å². The minimum Gasteiger partial charge on any atom is -0.357 e. The van der Waals surface area contributed by atoms with Gasteiger partial charge in [0.2, 0.25) is 11.8 Å². The fourth-order valence-corrected chi connectivity index (χ4v) is 4.82. The lowest BCUT2D eigenvalue weighted by Crippen LogP contribution is -2.51. The second kappa shape index (κ2) is 9.41. The van der Waals surface area contributed by atoms with Gasteiger partial charge in [0, 0.05) is 40.2 Å². The van der Waals surface area contributed by atoms with Crippen molar-refractivity contribution in [1.29, 1.82) is 0 Å². The SMILES string of the molecule is CC[C@H](C(=O)NC)N(Cc1c(Cl)cccc1Cl)C(=O)CN1C(=O)c2cccc3cccc1c23. The van der Waals surface area contributed by atoms with E-state index in [9.17, 15) is 14.4 Å². The standard InChI is InChI=1S/C25H23Cl2N3O3/c1-3-20(24(32)28-2)29(13-17-18(26)10-6-11-19(17)27)22(31)14-30-21-12-5-8-15-7-4-9-16(23(15)21)25(30)33/h4-12,20H,3,13-14H2,1-2H3,(H,28,32)/t20-/m1/s1. The van der Waals surface area contributed by atoms with Crippen LogP contribution in [0.25, 0.3) is 10.8 Å². The molecule has 170 valence electrons. The highest BCUT2D eigenvalue weighted by Crippen LogP contribution is 2.37. The van der Waals surface area contributed by atoms with Gasteiger partial charge in [0.15, 0.2) is 0 Å². The number of nitrogens with one attached hydrogen (secondary N) is 1. The molecule has 0 spiro atoms. The van der Waals surface area contributed by atoms with E-state index in [4.69, 9.17) is 23.2 Å². The van der Waals surface area contributed by atoms with Gasteiger partial charge >= 0.3 is 0 Å². The van der Waals surface area contributed by atoms with Gasteiger partial charge in [-0.3, -0.25) is 19.3 Å². The molecule has 0 saturated heterocycles. The zero-order chi connectivity index (χ0) is 23.7. The molecule has 8 heteroatoms. The Kier molecular flexibility index (Phi) is 6.58. The number of benzene rings is 3. The summed E-state index contributed by atoms with van der Waals surface area (Å²) in [5.41, 5.74) is 1.80. The van der Waals surface area contributed by atoms with Crippen molar-refractivity contribution in [2.45, 2.75) is 25.9 Å². The number of anilines is 1. The molecule has 1 aliphatic heterocycles. The third-order valence-electron chi connectivity index (χ3n) is 5.96. The first-order valence-electron chi connectivity index (χ1n) is 10.6. The van der Waals surface area contributed by atoms with Crippen LogP contribution in [-0.4, -0.2) is 42.3 Å². The summed E-state index contributed by atoms with van der Waals surface area (Å²) in [7, 11) is 1.53. The Labute approximate surface area is 202 Å². The van der Waals surface area contributed by atoms with Gasteiger partial charge in [-0.1, -0.05) is 60.5 Å². The molecular weight excluding hydrogens is 461 g/mol. The third-order valence-corrected chi connectivity index (χ3v) is 6.67. The summed E-state index contributed by atoms with van der Waals surface area (Å²) >= 11 is 12.7. The zero-order valence-electron chi connectivity index (χ0n) is 18.3.